The van der Waals surface area contributed by atoms with Gasteiger partial charge < -0.3 is 10.6 Å². The van der Waals surface area contributed by atoms with Crippen molar-refractivity contribution >= 4 is 34.8 Å². The van der Waals surface area contributed by atoms with Crippen LogP contribution < -0.4 is 10.6 Å². The first-order valence-corrected chi connectivity index (χ1v) is 12.4. The van der Waals surface area contributed by atoms with Crippen LogP contribution in [0.5, 0.6) is 0 Å². The smallest absolute Gasteiger partial charge is 0.242 e. The average Bonchev–Trinajstić information content (AvgIpc) is 3.14. The minimum atomic E-state index is -1.69. The third-order valence-corrected chi connectivity index (χ3v) is 7.09. The second-order valence-electron chi connectivity index (χ2n) is 10.3. The predicted octanol–water partition coefficient (Wildman–Crippen LogP) is 6.02. The van der Waals surface area contributed by atoms with E-state index < -0.39 is 41.0 Å². The highest BCUT2D eigenvalue weighted by molar-refractivity contribution is 6.31. The highest BCUT2D eigenvalue weighted by Crippen LogP contribution is 2.52. The van der Waals surface area contributed by atoms with Crippen molar-refractivity contribution in [2.24, 2.45) is 5.41 Å². The molecule has 1 aromatic heterocycles. The van der Waals surface area contributed by atoms with E-state index in [1.54, 1.807) is 0 Å². The van der Waals surface area contributed by atoms with Crippen molar-refractivity contribution in [3.05, 3.63) is 87.9 Å². The minimum Gasteiger partial charge on any atom is -0.322 e. The molecule has 2 heterocycles. The van der Waals surface area contributed by atoms with E-state index in [0.717, 1.165) is 6.07 Å². The number of carbonyl (C=O) groups is 1. The van der Waals surface area contributed by atoms with Crippen LogP contribution in [0.25, 0.3) is 0 Å². The molecule has 2 N–H and O–H groups in total. The first-order valence-electron chi connectivity index (χ1n) is 11.6. The molecule has 6 nitrogen and oxygen atoms in total. The van der Waals surface area contributed by atoms with Crippen molar-refractivity contribution in [1.29, 1.82) is 5.26 Å². The van der Waals surface area contributed by atoms with Gasteiger partial charge in [0.1, 0.15) is 23.4 Å². The Morgan fingerprint density at radius 1 is 1.19 bits per heavy atom. The predicted molar refractivity (Wildman–Crippen MR) is 138 cm³/mol. The van der Waals surface area contributed by atoms with Crippen molar-refractivity contribution in [2.45, 2.75) is 50.6 Å². The molecule has 0 spiro atoms. The molecule has 3 aromatic rings. The summed E-state index contributed by atoms with van der Waals surface area (Å²) in [5, 5.41) is 16.8. The van der Waals surface area contributed by atoms with E-state index in [2.05, 4.69) is 26.7 Å². The highest BCUT2D eigenvalue weighted by Gasteiger charge is 2.61. The molecule has 1 saturated heterocycles. The second-order valence-corrected chi connectivity index (χ2v) is 11.1. The molecule has 1 amide bonds. The average molecular weight is 544 g/mol. The van der Waals surface area contributed by atoms with Gasteiger partial charge in [-0.1, -0.05) is 62.2 Å². The fourth-order valence-corrected chi connectivity index (χ4v) is 5.48. The van der Waals surface area contributed by atoms with Crippen molar-refractivity contribution in [1.82, 2.24) is 15.3 Å². The van der Waals surface area contributed by atoms with Gasteiger partial charge in [0.15, 0.2) is 0 Å². The van der Waals surface area contributed by atoms with Gasteiger partial charge in [0.2, 0.25) is 5.91 Å². The maximum atomic E-state index is 15.6. The van der Waals surface area contributed by atoms with Crippen LogP contribution in [0, 0.1) is 28.4 Å². The Bertz CT molecular complexity index is 1360. The number of anilines is 1. The molecule has 1 aliphatic heterocycles. The topological polar surface area (TPSA) is 90.7 Å². The molecule has 0 bridgehead atoms. The quantitative estimate of drug-likeness (QED) is 0.410. The number of hydrogen-bond acceptors (Lipinski definition) is 5. The summed E-state index contributed by atoms with van der Waals surface area (Å²) in [6.45, 7) is 5.91. The van der Waals surface area contributed by atoms with Gasteiger partial charge in [0.25, 0.3) is 0 Å². The third-order valence-electron chi connectivity index (χ3n) is 6.56. The van der Waals surface area contributed by atoms with E-state index in [0.29, 0.717) is 12.1 Å². The number of nitrogens with zero attached hydrogens (tertiary/aromatic N) is 3. The molecule has 37 heavy (non-hydrogen) atoms. The van der Waals surface area contributed by atoms with Crippen LogP contribution in [0.15, 0.2) is 55.1 Å². The van der Waals surface area contributed by atoms with E-state index in [9.17, 15) is 10.1 Å². The van der Waals surface area contributed by atoms with E-state index in [-0.39, 0.29) is 26.6 Å². The lowest BCUT2D eigenvalue weighted by atomic mass is 9.62. The Kier molecular flexibility index (Phi) is 7.52. The number of carbonyl (C=O) groups excluding carboxylic acids is 1. The molecule has 0 radical (unpaired) electrons. The van der Waals surface area contributed by atoms with E-state index >= 15 is 8.78 Å². The maximum absolute atomic E-state index is 15.6. The van der Waals surface area contributed by atoms with Gasteiger partial charge in [-0.25, -0.2) is 18.7 Å². The van der Waals surface area contributed by atoms with Crippen LogP contribution in [-0.4, -0.2) is 28.0 Å². The second kappa shape index (κ2) is 10.3. The molecule has 1 fully saturated rings. The lowest BCUT2D eigenvalue weighted by Gasteiger charge is -2.37. The van der Waals surface area contributed by atoms with E-state index in [1.807, 2.05) is 20.8 Å². The molecule has 0 saturated carbocycles. The van der Waals surface area contributed by atoms with Crippen molar-refractivity contribution in [3.8, 4) is 6.07 Å². The van der Waals surface area contributed by atoms with Crippen molar-refractivity contribution < 1.29 is 13.6 Å². The first-order chi connectivity index (χ1) is 17.5. The molecule has 2 aromatic carbocycles. The summed E-state index contributed by atoms with van der Waals surface area (Å²) in [6, 6.07) is 8.86. The van der Waals surface area contributed by atoms with E-state index in [1.165, 1.54) is 49.1 Å². The van der Waals surface area contributed by atoms with Gasteiger partial charge >= 0.3 is 0 Å². The number of rotatable bonds is 5. The lowest BCUT2D eigenvalue weighted by Crippen LogP contribution is -2.45. The van der Waals surface area contributed by atoms with Gasteiger partial charge in [-0.15, -0.1) is 0 Å². The molecular formula is C27H25Cl2F2N5O. The Morgan fingerprint density at radius 2 is 1.89 bits per heavy atom. The molecule has 4 rings (SSSR count). The number of halogens is 4. The molecule has 192 valence electrons. The fraction of sp³-hybridized carbons (Fsp3) is 0.333. The van der Waals surface area contributed by atoms with Crippen LogP contribution in [0.1, 0.15) is 44.2 Å². The fourth-order valence-electron chi connectivity index (χ4n) is 5.14. The lowest BCUT2D eigenvalue weighted by molar-refractivity contribution is -0.118. The van der Waals surface area contributed by atoms with Crippen molar-refractivity contribution in [2.75, 3.05) is 5.32 Å². The molecule has 1 aliphatic rings. The Hall–Kier alpha value is -3.12. The zero-order valence-corrected chi connectivity index (χ0v) is 21.9. The van der Waals surface area contributed by atoms with Crippen LogP contribution in [0.2, 0.25) is 10.0 Å². The number of aromatic nitrogens is 2. The summed E-state index contributed by atoms with van der Waals surface area (Å²) >= 11 is 12.2. The summed E-state index contributed by atoms with van der Waals surface area (Å²) in [5.41, 5.74) is -1.67. The molecule has 0 unspecified atom stereocenters. The van der Waals surface area contributed by atoms with Crippen LogP contribution >= 0.6 is 23.2 Å². The standard InChI is InChI=1S/C27H25Cl2F2N5O/c1-26(2,3)10-21-27(13-32,18-8-7-15(28)9-20(18)30)22(17-5-4-6-19(29)23(17)31)24(36-21)25(37)35-16-11-33-14-34-12-16/h4-9,11-12,14,21-22,24,36H,10H2,1-3H3,(H,35,37)/t21-,22-,24+,27-/m0/s1. The summed E-state index contributed by atoms with van der Waals surface area (Å²) in [4.78, 5) is 21.5. The van der Waals surface area contributed by atoms with E-state index in [4.69, 9.17) is 23.2 Å². The van der Waals surface area contributed by atoms with Gasteiger partial charge in [0, 0.05) is 22.5 Å². The first kappa shape index (κ1) is 26.9. The largest absolute Gasteiger partial charge is 0.322 e. The summed E-state index contributed by atoms with van der Waals surface area (Å²) in [7, 11) is 0. The summed E-state index contributed by atoms with van der Waals surface area (Å²) in [5.74, 6) is -3.20. The maximum Gasteiger partial charge on any atom is 0.242 e. The van der Waals surface area contributed by atoms with Crippen LogP contribution in [-0.2, 0) is 10.2 Å². The van der Waals surface area contributed by atoms with Crippen LogP contribution in [0.4, 0.5) is 14.5 Å². The number of nitriles is 1. The summed E-state index contributed by atoms with van der Waals surface area (Å²) in [6.07, 6.45) is 4.52. The molecular weight excluding hydrogens is 519 g/mol. The Labute approximate surface area is 224 Å². The van der Waals surface area contributed by atoms with Crippen LogP contribution in [0.3, 0.4) is 0 Å². The Balaban J connectivity index is 1.98. The molecule has 4 atom stereocenters. The number of hydrogen-bond donors (Lipinski definition) is 2. The normalized spacial score (nSPS) is 23.5. The Morgan fingerprint density at radius 3 is 2.51 bits per heavy atom. The molecule has 10 heteroatoms. The number of nitrogens with one attached hydrogen (secondary N) is 2. The number of benzene rings is 2. The zero-order chi connectivity index (χ0) is 27.0. The number of amides is 1. The highest BCUT2D eigenvalue weighted by atomic mass is 35.5. The zero-order valence-electron chi connectivity index (χ0n) is 20.4. The van der Waals surface area contributed by atoms with Gasteiger partial charge in [-0.05, 0) is 35.6 Å². The van der Waals surface area contributed by atoms with Gasteiger partial charge in [-0.2, -0.15) is 5.26 Å². The molecule has 0 aliphatic carbocycles. The SMILES string of the molecule is CC(C)(C)C[C@@H]1N[C@@H](C(=O)Nc2cncnc2)[C@H](c2cccc(Cl)c2F)[C@@]1(C#N)c1ccc(Cl)cc1F. The summed E-state index contributed by atoms with van der Waals surface area (Å²) < 4.78 is 31.2. The van der Waals surface area contributed by atoms with Gasteiger partial charge in [-0.3, -0.25) is 4.79 Å². The van der Waals surface area contributed by atoms with Gasteiger partial charge in [0.05, 0.1) is 35.2 Å². The third kappa shape index (κ3) is 5.17. The minimum absolute atomic E-state index is 0.0175. The van der Waals surface area contributed by atoms with Crippen molar-refractivity contribution in [3.63, 3.8) is 0 Å². The monoisotopic (exact) mass is 543 g/mol.